The van der Waals surface area contributed by atoms with E-state index in [2.05, 4.69) is 14.1 Å². The molecule has 10 heteroatoms. The van der Waals surface area contributed by atoms with Gasteiger partial charge >= 0.3 is 0 Å². The highest BCUT2D eigenvalue weighted by Gasteiger charge is 2.33. The molecule has 1 saturated heterocycles. The van der Waals surface area contributed by atoms with Crippen molar-refractivity contribution >= 4 is 44.4 Å². The van der Waals surface area contributed by atoms with Gasteiger partial charge in [0.2, 0.25) is 15.9 Å². The zero-order valence-corrected chi connectivity index (χ0v) is 16.3. The van der Waals surface area contributed by atoms with Crippen molar-refractivity contribution in [3.8, 4) is 0 Å². The third-order valence-electron chi connectivity index (χ3n) is 4.78. The van der Waals surface area contributed by atoms with Crippen molar-refractivity contribution in [1.82, 2.24) is 13.1 Å². The Labute approximate surface area is 165 Å². The van der Waals surface area contributed by atoms with Gasteiger partial charge in [-0.2, -0.15) is 13.1 Å². The highest BCUT2D eigenvalue weighted by molar-refractivity contribution is 7.89. The molecular weight excluding hydrogens is 403 g/mol. The van der Waals surface area contributed by atoms with Crippen LogP contribution >= 0.6 is 11.7 Å². The second-order valence-electron chi connectivity index (χ2n) is 6.57. The second kappa shape index (κ2) is 7.53. The van der Waals surface area contributed by atoms with E-state index >= 15 is 0 Å². The lowest BCUT2D eigenvalue weighted by atomic mass is 9.97. The third kappa shape index (κ3) is 3.62. The maximum atomic E-state index is 13.3. The minimum absolute atomic E-state index is 0.140. The molecule has 1 amide bonds. The van der Waals surface area contributed by atoms with Gasteiger partial charge in [0.1, 0.15) is 21.7 Å². The molecule has 0 radical (unpaired) electrons. The van der Waals surface area contributed by atoms with Gasteiger partial charge in [-0.25, -0.2) is 12.8 Å². The van der Waals surface area contributed by atoms with E-state index in [9.17, 15) is 17.6 Å². The number of carbonyl (C=O) groups is 1. The van der Waals surface area contributed by atoms with E-state index in [1.165, 1.54) is 28.6 Å². The van der Waals surface area contributed by atoms with Crippen LogP contribution in [0.1, 0.15) is 12.8 Å². The summed E-state index contributed by atoms with van der Waals surface area (Å²) in [5.74, 6) is -0.982. The fourth-order valence-corrected chi connectivity index (χ4v) is 5.52. The second-order valence-corrected chi connectivity index (χ2v) is 9.00. The van der Waals surface area contributed by atoms with Gasteiger partial charge in [-0.3, -0.25) is 4.79 Å². The van der Waals surface area contributed by atoms with Crippen molar-refractivity contribution in [2.24, 2.45) is 5.92 Å². The van der Waals surface area contributed by atoms with Crippen molar-refractivity contribution in [2.75, 3.05) is 18.4 Å². The quantitative estimate of drug-likeness (QED) is 0.701. The predicted octanol–water partition coefficient (Wildman–Crippen LogP) is 2.87. The van der Waals surface area contributed by atoms with Gasteiger partial charge in [0, 0.05) is 24.7 Å². The molecule has 28 heavy (non-hydrogen) atoms. The van der Waals surface area contributed by atoms with Gasteiger partial charge in [0.15, 0.2) is 0 Å². The van der Waals surface area contributed by atoms with E-state index in [0.29, 0.717) is 29.6 Å². The van der Waals surface area contributed by atoms with E-state index < -0.39 is 15.8 Å². The molecule has 0 bridgehead atoms. The molecule has 7 nitrogen and oxygen atoms in total. The van der Waals surface area contributed by atoms with Crippen LogP contribution in [0.15, 0.2) is 47.4 Å². The van der Waals surface area contributed by atoms with Gasteiger partial charge < -0.3 is 5.32 Å². The van der Waals surface area contributed by atoms with Crippen molar-refractivity contribution in [1.29, 1.82) is 0 Å². The van der Waals surface area contributed by atoms with Crippen molar-refractivity contribution in [3.63, 3.8) is 0 Å². The number of hydrogen-bond donors (Lipinski definition) is 1. The zero-order chi connectivity index (χ0) is 19.7. The molecule has 1 fully saturated rings. The minimum atomic E-state index is -3.72. The molecule has 1 aromatic heterocycles. The largest absolute Gasteiger partial charge is 0.326 e. The zero-order valence-electron chi connectivity index (χ0n) is 14.7. The Kier molecular flexibility index (Phi) is 5.09. The SMILES string of the molecule is O=C(Nc1cccc(F)c1)C1CCN(S(=O)(=O)c2cccc3nsnc23)CC1. The lowest BCUT2D eigenvalue weighted by Gasteiger charge is -2.30. The van der Waals surface area contributed by atoms with Crippen LogP contribution in [0.5, 0.6) is 0 Å². The molecule has 2 heterocycles. The Morgan fingerprint density at radius 3 is 2.64 bits per heavy atom. The fourth-order valence-electron chi connectivity index (χ4n) is 3.30. The Hall–Kier alpha value is -2.43. The standard InChI is InChI=1S/C18H17FN4O3S2/c19-13-3-1-4-14(11-13)20-18(24)12-7-9-23(10-8-12)28(25,26)16-6-2-5-15-17(16)22-27-21-15/h1-6,11-12H,7-10H2,(H,20,24). The summed E-state index contributed by atoms with van der Waals surface area (Å²) in [5.41, 5.74) is 1.32. The molecule has 0 spiro atoms. The van der Waals surface area contributed by atoms with Gasteiger partial charge in [-0.05, 0) is 43.2 Å². The van der Waals surface area contributed by atoms with Crippen molar-refractivity contribution < 1.29 is 17.6 Å². The number of halogens is 1. The molecular formula is C18H17FN4O3S2. The average Bonchev–Trinajstić information content (AvgIpc) is 3.17. The highest BCUT2D eigenvalue weighted by atomic mass is 32.2. The Balaban J connectivity index is 1.45. The Bertz CT molecular complexity index is 1120. The molecule has 146 valence electrons. The monoisotopic (exact) mass is 420 g/mol. The number of fused-ring (bicyclic) bond motifs is 1. The van der Waals surface area contributed by atoms with Gasteiger partial charge in [0.25, 0.3) is 0 Å². The molecule has 0 atom stereocenters. The van der Waals surface area contributed by atoms with E-state index in [1.807, 2.05) is 0 Å². The van der Waals surface area contributed by atoms with Crippen LogP contribution in [0.4, 0.5) is 10.1 Å². The molecule has 0 aliphatic carbocycles. The van der Waals surface area contributed by atoms with E-state index in [0.717, 1.165) is 11.7 Å². The summed E-state index contributed by atoms with van der Waals surface area (Å²) in [7, 11) is -3.72. The smallest absolute Gasteiger partial charge is 0.245 e. The first-order valence-corrected chi connectivity index (χ1v) is 10.9. The van der Waals surface area contributed by atoms with Gasteiger partial charge in [-0.1, -0.05) is 12.1 Å². The summed E-state index contributed by atoms with van der Waals surface area (Å²) in [6, 6.07) is 10.6. The maximum absolute atomic E-state index is 13.3. The summed E-state index contributed by atoms with van der Waals surface area (Å²) in [5, 5.41) is 2.69. The molecule has 2 aromatic carbocycles. The summed E-state index contributed by atoms with van der Waals surface area (Å²) < 4.78 is 48.9. The van der Waals surface area contributed by atoms with E-state index in [-0.39, 0.29) is 29.8 Å². The van der Waals surface area contributed by atoms with E-state index in [4.69, 9.17) is 0 Å². The molecule has 1 N–H and O–H groups in total. The number of amides is 1. The average molecular weight is 420 g/mol. The number of aromatic nitrogens is 2. The Morgan fingerprint density at radius 1 is 1.14 bits per heavy atom. The normalized spacial score (nSPS) is 16.3. The van der Waals surface area contributed by atoms with Crippen LogP contribution in [0, 0.1) is 11.7 Å². The van der Waals surface area contributed by atoms with Crippen LogP contribution in [-0.2, 0) is 14.8 Å². The number of piperidine rings is 1. The summed E-state index contributed by atoms with van der Waals surface area (Å²) in [6.45, 7) is 0.467. The third-order valence-corrected chi connectivity index (χ3v) is 7.26. The number of carbonyl (C=O) groups excluding carboxylic acids is 1. The first-order chi connectivity index (χ1) is 13.4. The van der Waals surface area contributed by atoms with Crippen LogP contribution in [-0.4, -0.2) is 40.5 Å². The lowest BCUT2D eigenvalue weighted by molar-refractivity contribution is -0.120. The minimum Gasteiger partial charge on any atom is -0.326 e. The number of anilines is 1. The number of nitrogens with zero attached hydrogens (tertiary/aromatic N) is 3. The number of rotatable bonds is 4. The molecule has 0 saturated carbocycles. The highest BCUT2D eigenvalue weighted by Crippen LogP contribution is 2.28. The maximum Gasteiger partial charge on any atom is 0.245 e. The predicted molar refractivity (Wildman–Crippen MR) is 104 cm³/mol. The summed E-state index contributed by atoms with van der Waals surface area (Å²) in [4.78, 5) is 12.6. The van der Waals surface area contributed by atoms with Crippen LogP contribution in [0.3, 0.4) is 0 Å². The number of sulfonamides is 1. The van der Waals surface area contributed by atoms with Gasteiger partial charge in [-0.15, -0.1) is 0 Å². The van der Waals surface area contributed by atoms with E-state index in [1.54, 1.807) is 18.2 Å². The number of benzene rings is 2. The topological polar surface area (TPSA) is 92.3 Å². The molecule has 4 rings (SSSR count). The van der Waals surface area contributed by atoms with Crippen LogP contribution in [0.2, 0.25) is 0 Å². The summed E-state index contributed by atoms with van der Waals surface area (Å²) in [6.07, 6.45) is 0.789. The molecule has 1 aliphatic rings. The Morgan fingerprint density at radius 2 is 1.89 bits per heavy atom. The molecule has 1 aliphatic heterocycles. The van der Waals surface area contributed by atoms with Gasteiger partial charge in [0.05, 0.1) is 11.7 Å². The van der Waals surface area contributed by atoms with Crippen molar-refractivity contribution in [3.05, 3.63) is 48.3 Å². The van der Waals surface area contributed by atoms with Crippen LogP contribution in [0.25, 0.3) is 11.0 Å². The lowest BCUT2D eigenvalue weighted by Crippen LogP contribution is -2.41. The number of hydrogen-bond acceptors (Lipinski definition) is 6. The summed E-state index contributed by atoms with van der Waals surface area (Å²) >= 11 is 0.973. The first kappa shape index (κ1) is 18.9. The fraction of sp³-hybridized carbons (Fsp3) is 0.278. The first-order valence-electron chi connectivity index (χ1n) is 8.73. The molecule has 3 aromatic rings. The van der Waals surface area contributed by atoms with Crippen LogP contribution < -0.4 is 5.32 Å². The number of nitrogens with one attached hydrogen (secondary N) is 1. The van der Waals surface area contributed by atoms with Crippen molar-refractivity contribution in [2.45, 2.75) is 17.7 Å². The molecule has 0 unspecified atom stereocenters.